The van der Waals surface area contributed by atoms with Crippen molar-refractivity contribution >= 4 is 43.1 Å². The first-order valence-corrected chi connectivity index (χ1v) is 8.23. The van der Waals surface area contributed by atoms with Crippen LogP contribution in [0.2, 0.25) is 5.02 Å². The summed E-state index contributed by atoms with van der Waals surface area (Å²) in [4.78, 5) is 0.251. The second-order valence-electron chi connectivity index (χ2n) is 4.06. The zero-order valence-corrected chi connectivity index (χ0v) is 13.0. The van der Waals surface area contributed by atoms with Crippen LogP contribution in [0.3, 0.4) is 0 Å². The van der Waals surface area contributed by atoms with Crippen LogP contribution in [0.4, 0.5) is 5.69 Å². The lowest BCUT2D eigenvalue weighted by molar-refractivity contribution is 0.595. The highest BCUT2D eigenvalue weighted by Crippen LogP contribution is 2.24. The van der Waals surface area contributed by atoms with Gasteiger partial charge in [0.25, 0.3) is 0 Å². The summed E-state index contributed by atoms with van der Waals surface area (Å²) in [6.45, 7) is 0. The minimum absolute atomic E-state index is 0.171. The first kappa shape index (κ1) is 14.4. The van der Waals surface area contributed by atoms with Crippen molar-refractivity contribution in [1.82, 2.24) is 0 Å². The van der Waals surface area contributed by atoms with Gasteiger partial charge in [0.15, 0.2) is 9.84 Å². The van der Waals surface area contributed by atoms with Crippen molar-refractivity contribution in [1.29, 1.82) is 0 Å². The molecule has 0 aliphatic carbocycles. The molecule has 0 saturated heterocycles. The summed E-state index contributed by atoms with van der Waals surface area (Å²) >= 11 is 9.11. The fourth-order valence-corrected chi connectivity index (χ4v) is 3.81. The normalized spacial score (nSPS) is 11.5. The van der Waals surface area contributed by atoms with Gasteiger partial charge >= 0.3 is 0 Å². The van der Waals surface area contributed by atoms with E-state index in [4.69, 9.17) is 17.3 Å². The predicted octanol–water partition coefficient (Wildman–Crippen LogP) is 3.66. The standard InChI is InChI=1S/C13H11BrClNO2S/c14-10-2-1-3-12(7-10)19(17,18)8-9-6-11(15)4-5-13(9)16/h1-7H,8,16H2. The molecule has 0 spiro atoms. The van der Waals surface area contributed by atoms with Crippen molar-refractivity contribution in [2.45, 2.75) is 10.6 Å². The van der Waals surface area contributed by atoms with Crippen LogP contribution in [0.25, 0.3) is 0 Å². The number of rotatable bonds is 3. The number of sulfone groups is 1. The molecule has 0 saturated carbocycles. The summed E-state index contributed by atoms with van der Waals surface area (Å²) in [6, 6.07) is 11.4. The van der Waals surface area contributed by atoms with Crippen LogP contribution >= 0.6 is 27.5 Å². The van der Waals surface area contributed by atoms with Crippen LogP contribution in [0, 0.1) is 0 Å². The first-order valence-electron chi connectivity index (χ1n) is 5.41. The maximum atomic E-state index is 12.3. The average molecular weight is 361 g/mol. The van der Waals surface area contributed by atoms with Crippen LogP contribution < -0.4 is 5.73 Å². The Morgan fingerprint density at radius 3 is 2.58 bits per heavy atom. The Kier molecular flexibility index (Phi) is 4.18. The molecule has 0 bridgehead atoms. The second kappa shape index (κ2) is 5.53. The zero-order chi connectivity index (χ0) is 14.0. The molecule has 0 aromatic heterocycles. The maximum absolute atomic E-state index is 12.3. The molecule has 6 heteroatoms. The van der Waals surface area contributed by atoms with Crippen molar-refractivity contribution < 1.29 is 8.42 Å². The third-order valence-electron chi connectivity index (χ3n) is 2.61. The number of nitrogens with two attached hydrogens (primary N) is 1. The van der Waals surface area contributed by atoms with Crippen molar-refractivity contribution in [3.05, 3.63) is 57.5 Å². The molecule has 0 amide bonds. The molecule has 2 aromatic rings. The van der Waals surface area contributed by atoms with Gasteiger partial charge in [-0.05, 0) is 42.0 Å². The Bertz CT molecular complexity index is 716. The van der Waals surface area contributed by atoms with E-state index in [-0.39, 0.29) is 10.6 Å². The summed E-state index contributed by atoms with van der Waals surface area (Å²) in [5.41, 5.74) is 6.70. The van der Waals surface area contributed by atoms with E-state index in [1.54, 1.807) is 42.5 Å². The van der Waals surface area contributed by atoms with E-state index >= 15 is 0 Å². The molecule has 19 heavy (non-hydrogen) atoms. The highest BCUT2D eigenvalue weighted by molar-refractivity contribution is 9.10. The number of nitrogen functional groups attached to an aromatic ring is 1. The Morgan fingerprint density at radius 1 is 1.16 bits per heavy atom. The molecule has 0 unspecified atom stereocenters. The average Bonchev–Trinajstić information content (AvgIpc) is 2.33. The van der Waals surface area contributed by atoms with E-state index in [9.17, 15) is 8.42 Å². The van der Waals surface area contributed by atoms with Gasteiger partial charge in [-0.2, -0.15) is 0 Å². The van der Waals surface area contributed by atoms with E-state index < -0.39 is 9.84 Å². The maximum Gasteiger partial charge on any atom is 0.182 e. The molecular formula is C13H11BrClNO2S. The van der Waals surface area contributed by atoms with Crippen LogP contribution in [-0.4, -0.2) is 8.42 Å². The first-order chi connectivity index (χ1) is 8.88. The van der Waals surface area contributed by atoms with Gasteiger partial charge in [-0.3, -0.25) is 0 Å². The topological polar surface area (TPSA) is 60.2 Å². The van der Waals surface area contributed by atoms with Crippen LogP contribution in [0.1, 0.15) is 5.56 Å². The van der Waals surface area contributed by atoms with Gasteiger partial charge in [0.1, 0.15) is 0 Å². The molecule has 0 radical (unpaired) electrons. The number of benzene rings is 2. The van der Waals surface area contributed by atoms with Gasteiger partial charge in [0.05, 0.1) is 10.6 Å². The molecule has 0 atom stereocenters. The van der Waals surface area contributed by atoms with E-state index in [1.165, 1.54) is 0 Å². The highest BCUT2D eigenvalue weighted by atomic mass is 79.9. The molecule has 0 heterocycles. The molecular weight excluding hydrogens is 350 g/mol. The fourth-order valence-electron chi connectivity index (χ4n) is 1.65. The van der Waals surface area contributed by atoms with Gasteiger partial charge in [-0.25, -0.2) is 8.42 Å². The number of hydrogen-bond donors (Lipinski definition) is 1. The molecule has 2 N–H and O–H groups in total. The largest absolute Gasteiger partial charge is 0.398 e. The van der Waals surface area contributed by atoms with E-state index in [0.29, 0.717) is 20.7 Å². The Morgan fingerprint density at radius 2 is 1.89 bits per heavy atom. The SMILES string of the molecule is Nc1ccc(Cl)cc1CS(=O)(=O)c1cccc(Br)c1. The van der Waals surface area contributed by atoms with Crippen molar-refractivity contribution in [3.8, 4) is 0 Å². The Labute approximate surface area is 125 Å². The Balaban J connectivity index is 2.39. The molecule has 0 aliphatic heterocycles. The van der Waals surface area contributed by atoms with Crippen molar-refractivity contribution in [3.63, 3.8) is 0 Å². The van der Waals surface area contributed by atoms with Gasteiger partial charge in [0, 0.05) is 15.2 Å². The lowest BCUT2D eigenvalue weighted by Crippen LogP contribution is -2.07. The van der Waals surface area contributed by atoms with Crippen LogP contribution in [-0.2, 0) is 15.6 Å². The molecule has 2 rings (SSSR count). The molecule has 2 aromatic carbocycles. The summed E-state index contributed by atoms with van der Waals surface area (Å²) in [5, 5.41) is 0.466. The second-order valence-corrected chi connectivity index (χ2v) is 7.40. The highest BCUT2D eigenvalue weighted by Gasteiger charge is 2.17. The fraction of sp³-hybridized carbons (Fsp3) is 0.0769. The van der Waals surface area contributed by atoms with Gasteiger partial charge < -0.3 is 5.73 Å². The lowest BCUT2D eigenvalue weighted by Gasteiger charge is -2.08. The number of hydrogen-bond acceptors (Lipinski definition) is 3. The van der Waals surface area contributed by atoms with E-state index in [1.807, 2.05) is 0 Å². The number of anilines is 1. The lowest BCUT2D eigenvalue weighted by atomic mass is 10.2. The van der Waals surface area contributed by atoms with Gasteiger partial charge in [0.2, 0.25) is 0 Å². The summed E-state index contributed by atoms with van der Waals surface area (Å²) in [6.07, 6.45) is 0. The third-order valence-corrected chi connectivity index (χ3v) is 5.00. The quantitative estimate of drug-likeness (QED) is 0.850. The molecule has 0 fully saturated rings. The summed E-state index contributed by atoms with van der Waals surface area (Å²) in [7, 11) is -3.44. The van der Waals surface area contributed by atoms with E-state index in [0.717, 1.165) is 0 Å². The zero-order valence-electron chi connectivity index (χ0n) is 9.81. The van der Waals surface area contributed by atoms with Crippen molar-refractivity contribution in [2.75, 3.05) is 5.73 Å². The van der Waals surface area contributed by atoms with Crippen LogP contribution in [0.5, 0.6) is 0 Å². The third kappa shape index (κ3) is 3.49. The Hall–Kier alpha value is -1.04. The molecule has 100 valence electrons. The molecule has 3 nitrogen and oxygen atoms in total. The smallest absolute Gasteiger partial charge is 0.182 e. The minimum atomic E-state index is -3.44. The van der Waals surface area contributed by atoms with Gasteiger partial charge in [-0.1, -0.05) is 33.6 Å². The minimum Gasteiger partial charge on any atom is -0.398 e. The summed E-state index contributed by atoms with van der Waals surface area (Å²) in [5.74, 6) is -0.171. The van der Waals surface area contributed by atoms with Crippen molar-refractivity contribution in [2.24, 2.45) is 0 Å². The molecule has 0 aliphatic rings. The monoisotopic (exact) mass is 359 g/mol. The number of halogens is 2. The van der Waals surface area contributed by atoms with Crippen LogP contribution in [0.15, 0.2) is 51.8 Å². The predicted molar refractivity (Wildman–Crippen MR) is 80.9 cm³/mol. The summed E-state index contributed by atoms with van der Waals surface area (Å²) < 4.78 is 25.3. The van der Waals surface area contributed by atoms with Gasteiger partial charge in [-0.15, -0.1) is 0 Å². The van der Waals surface area contributed by atoms with E-state index in [2.05, 4.69) is 15.9 Å².